The number of aryl methyl sites for hydroxylation is 1. The highest BCUT2D eigenvalue weighted by molar-refractivity contribution is 5.76. The van der Waals surface area contributed by atoms with E-state index in [-0.39, 0.29) is 0 Å². The number of aromatic nitrogens is 1. The molecule has 0 spiro atoms. The van der Waals surface area contributed by atoms with E-state index in [2.05, 4.69) is 30.1 Å². The van der Waals surface area contributed by atoms with Gasteiger partial charge in [-0.25, -0.2) is 0 Å². The van der Waals surface area contributed by atoms with Crippen molar-refractivity contribution in [2.75, 3.05) is 7.11 Å². The Kier molecular flexibility index (Phi) is 4.49. The molecule has 3 heteroatoms. The lowest BCUT2D eigenvalue weighted by atomic mass is 9.55. The van der Waals surface area contributed by atoms with Crippen molar-refractivity contribution in [3.8, 4) is 5.75 Å². The molecule has 1 aromatic heterocycles. The smallest absolute Gasteiger partial charge is 0.119 e. The average molecular weight is 375 g/mol. The van der Waals surface area contributed by atoms with Crippen LogP contribution in [-0.2, 0) is 6.42 Å². The van der Waals surface area contributed by atoms with Gasteiger partial charge in [0.05, 0.1) is 18.8 Å². The minimum atomic E-state index is 0.344. The Labute approximate surface area is 168 Å². The molecule has 0 N–H and O–H groups in total. The van der Waals surface area contributed by atoms with Crippen molar-refractivity contribution in [2.45, 2.75) is 57.4 Å². The monoisotopic (exact) mass is 374 g/mol. The first-order valence-corrected chi connectivity index (χ1v) is 10.8. The molecule has 146 valence electrons. The summed E-state index contributed by atoms with van der Waals surface area (Å²) in [7, 11) is 1.77. The van der Waals surface area contributed by atoms with Crippen LogP contribution in [0, 0.1) is 17.3 Å². The Morgan fingerprint density at radius 1 is 1.14 bits per heavy atom. The van der Waals surface area contributed by atoms with E-state index in [0.717, 1.165) is 29.2 Å². The van der Waals surface area contributed by atoms with E-state index in [0.29, 0.717) is 11.5 Å². The first kappa shape index (κ1) is 17.9. The fourth-order valence-electron chi connectivity index (χ4n) is 6.52. The molecule has 0 radical (unpaired) electrons. The lowest BCUT2D eigenvalue weighted by Crippen LogP contribution is -2.43. The normalized spacial score (nSPS) is 33.9. The van der Waals surface area contributed by atoms with Crippen LogP contribution in [0.3, 0.4) is 0 Å². The van der Waals surface area contributed by atoms with Crippen molar-refractivity contribution in [1.82, 2.24) is 4.98 Å². The van der Waals surface area contributed by atoms with E-state index in [1.165, 1.54) is 44.1 Å². The highest BCUT2D eigenvalue weighted by atomic mass is 16.5. The van der Waals surface area contributed by atoms with Crippen LogP contribution < -0.4 is 4.74 Å². The summed E-state index contributed by atoms with van der Waals surface area (Å²) < 4.78 is 5.46. The third-order valence-electron chi connectivity index (χ3n) is 7.96. The second-order valence-electron chi connectivity index (χ2n) is 9.15. The number of methoxy groups -OCH3 is 1. The number of nitrogens with zero attached hydrogens (tertiary/aromatic N) is 2. The van der Waals surface area contributed by atoms with Crippen LogP contribution in [0.1, 0.15) is 61.8 Å². The number of hydrogen-bond donors (Lipinski definition) is 0. The number of pyridine rings is 1. The van der Waals surface area contributed by atoms with Gasteiger partial charge < -0.3 is 4.74 Å². The number of hydrogen-bond acceptors (Lipinski definition) is 3. The van der Waals surface area contributed by atoms with E-state index in [9.17, 15) is 0 Å². The fourth-order valence-corrected chi connectivity index (χ4v) is 6.52. The number of ether oxygens (including phenoxy) is 1. The minimum absolute atomic E-state index is 0.344. The lowest BCUT2D eigenvalue weighted by Gasteiger charge is -2.50. The van der Waals surface area contributed by atoms with Crippen molar-refractivity contribution in [2.24, 2.45) is 22.2 Å². The molecule has 5 rings (SSSR count). The van der Waals surface area contributed by atoms with Crippen LogP contribution in [0.5, 0.6) is 5.75 Å². The summed E-state index contributed by atoms with van der Waals surface area (Å²) >= 11 is 0. The summed E-state index contributed by atoms with van der Waals surface area (Å²) in [5.41, 5.74) is 4.44. The summed E-state index contributed by atoms with van der Waals surface area (Å²) in [4.78, 5) is 9.46. The van der Waals surface area contributed by atoms with E-state index in [1.807, 2.05) is 30.6 Å². The zero-order valence-corrected chi connectivity index (χ0v) is 17.0. The summed E-state index contributed by atoms with van der Waals surface area (Å²) in [5.74, 6) is 3.34. The SMILES string of the molecule is COc1ccc2c(c1)CC[C@@H]1[C@@H]2CC[C@]2(C)[C@H](N=Cc3ccccn3)CC[C@@H]12. The van der Waals surface area contributed by atoms with E-state index >= 15 is 0 Å². The van der Waals surface area contributed by atoms with Crippen molar-refractivity contribution in [1.29, 1.82) is 0 Å². The van der Waals surface area contributed by atoms with Crippen molar-refractivity contribution >= 4 is 6.21 Å². The second-order valence-corrected chi connectivity index (χ2v) is 9.15. The van der Waals surface area contributed by atoms with Gasteiger partial charge in [-0.05, 0) is 97.1 Å². The summed E-state index contributed by atoms with van der Waals surface area (Å²) in [6, 6.07) is 13.3. The maximum Gasteiger partial charge on any atom is 0.119 e. The zero-order valence-electron chi connectivity index (χ0n) is 17.0. The summed E-state index contributed by atoms with van der Waals surface area (Å²) in [5, 5.41) is 0. The third kappa shape index (κ3) is 2.87. The Hall–Kier alpha value is -2.16. The van der Waals surface area contributed by atoms with Crippen LogP contribution in [0.2, 0.25) is 0 Å². The van der Waals surface area contributed by atoms with E-state index in [4.69, 9.17) is 9.73 Å². The molecule has 3 aliphatic rings. The zero-order chi connectivity index (χ0) is 19.1. The second kappa shape index (κ2) is 7.02. The van der Waals surface area contributed by atoms with Crippen molar-refractivity contribution < 1.29 is 4.74 Å². The van der Waals surface area contributed by atoms with Crippen molar-refractivity contribution in [3.63, 3.8) is 0 Å². The fraction of sp³-hybridized carbons (Fsp3) is 0.520. The van der Waals surface area contributed by atoms with Crippen LogP contribution in [0.25, 0.3) is 0 Å². The molecule has 0 unspecified atom stereocenters. The van der Waals surface area contributed by atoms with Gasteiger partial charge in [-0.2, -0.15) is 0 Å². The van der Waals surface area contributed by atoms with Crippen LogP contribution >= 0.6 is 0 Å². The minimum Gasteiger partial charge on any atom is -0.497 e. The Bertz CT molecular complexity index is 877. The molecule has 1 heterocycles. The molecule has 2 saturated carbocycles. The van der Waals surface area contributed by atoms with Gasteiger partial charge in [-0.1, -0.05) is 19.1 Å². The maximum absolute atomic E-state index is 5.46. The Balaban J connectivity index is 1.38. The molecule has 0 amide bonds. The molecular formula is C25H30N2O. The van der Waals surface area contributed by atoms with Gasteiger partial charge in [0.1, 0.15) is 5.75 Å². The highest BCUT2D eigenvalue weighted by Gasteiger charge is 2.54. The predicted molar refractivity (Wildman–Crippen MR) is 113 cm³/mol. The van der Waals surface area contributed by atoms with Gasteiger partial charge in [0.25, 0.3) is 0 Å². The summed E-state index contributed by atoms with van der Waals surface area (Å²) in [6.45, 7) is 2.52. The molecule has 3 aliphatic carbocycles. The molecule has 0 bridgehead atoms. The van der Waals surface area contributed by atoms with Gasteiger partial charge in [0.2, 0.25) is 0 Å². The molecule has 5 atom stereocenters. The number of aliphatic imine (C=N–C) groups is 1. The van der Waals surface area contributed by atoms with Crippen molar-refractivity contribution in [3.05, 3.63) is 59.4 Å². The van der Waals surface area contributed by atoms with Gasteiger partial charge in [0, 0.05) is 12.4 Å². The van der Waals surface area contributed by atoms with Crippen LogP contribution in [0.4, 0.5) is 0 Å². The quantitative estimate of drug-likeness (QED) is 0.671. The molecule has 1 aromatic carbocycles. The van der Waals surface area contributed by atoms with E-state index in [1.54, 1.807) is 12.7 Å². The standard InChI is InChI=1S/C25H30N2O/c1-25-13-12-21-20-9-7-19(28-2)15-17(20)6-8-22(21)23(25)10-11-24(25)27-16-18-5-3-4-14-26-18/h3-5,7,9,14-16,21-24H,6,8,10-13H2,1-2H3/t21-,22-,23+,24-,25+/m1/s1. The Morgan fingerprint density at radius 2 is 2.07 bits per heavy atom. The van der Waals surface area contributed by atoms with Gasteiger partial charge in [-0.15, -0.1) is 0 Å². The van der Waals surface area contributed by atoms with Gasteiger partial charge >= 0.3 is 0 Å². The maximum atomic E-state index is 5.46. The van der Waals surface area contributed by atoms with E-state index < -0.39 is 0 Å². The molecular weight excluding hydrogens is 344 g/mol. The Morgan fingerprint density at radius 3 is 2.89 bits per heavy atom. The number of rotatable bonds is 3. The molecule has 3 nitrogen and oxygen atoms in total. The first-order chi connectivity index (χ1) is 13.7. The van der Waals surface area contributed by atoms with Crippen LogP contribution in [0.15, 0.2) is 47.6 Å². The van der Waals surface area contributed by atoms with Crippen LogP contribution in [-0.4, -0.2) is 24.4 Å². The molecule has 2 fully saturated rings. The number of fused-ring (bicyclic) bond motifs is 5. The molecule has 28 heavy (non-hydrogen) atoms. The molecule has 0 aliphatic heterocycles. The average Bonchev–Trinajstić information content (AvgIpc) is 3.08. The lowest BCUT2D eigenvalue weighted by molar-refractivity contribution is 0.0502. The third-order valence-corrected chi connectivity index (χ3v) is 7.96. The van der Waals surface area contributed by atoms with Gasteiger partial charge in [-0.3, -0.25) is 9.98 Å². The largest absolute Gasteiger partial charge is 0.497 e. The molecule has 2 aromatic rings. The highest BCUT2D eigenvalue weighted by Crippen LogP contribution is 2.61. The topological polar surface area (TPSA) is 34.5 Å². The summed E-state index contributed by atoms with van der Waals surface area (Å²) in [6.07, 6.45) is 11.5. The van der Waals surface area contributed by atoms with Gasteiger partial charge in [0.15, 0.2) is 0 Å². The predicted octanol–water partition coefficient (Wildman–Crippen LogP) is 5.43. The molecule has 0 saturated heterocycles. The first-order valence-electron chi connectivity index (χ1n) is 10.8. The number of benzene rings is 1.